The highest BCUT2D eigenvalue weighted by molar-refractivity contribution is 5.27. The molecule has 1 aromatic rings. The maximum absolute atomic E-state index is 9.93. The van der Waals surface area contributed by atoms with Crippen molar-refractivity contribution in [2.75, 3.05) is 26.8 Å². The molecule has 0 aliphatic carbocycles. The first kappa shape index (κ1) is 8.95. The van der Waals surface area contributed by atoms with Gasteiger partial charge in [0, 0.05) is 23.8 Å². The third kappa shape index (κ3) is 7.15. The summed E-state index contributed by atoms with van der Waals surface area (Å²) in [5.74, 6) is 0.299. The van der Waals surface area contributed by atoms with Crippen LogP contribution in [0, 0.1) is 0 Å². The van der Waals surface area contributed by atoms with Gasteiger partial charge in [-0.3, -0.25) is 0 Å². The van der Waals surface area contributed by atoms with E-state index in [1.165, 1.54) is 24.3 Å². The van der Waals surface area contributed by atoms with Crippen LogP contribution in [0.3, 0.4) is 0 Å². The number of hydrogen-bond acceptors (Lipinski definition) is 4. The first-order valence-electron chi connectivity index (χ1n) is 8.96. The van der Waals surface area contributed by atoms with E-state index in [1.54, 1.807) is 13.8 Å². The average Bonchev–Trinajstić information content (AvgIpc) is 2.51. The van der Waals surface area contributed by atoms with Crippen molar-refractivity contribution in [3.8, 4) is 5.75 Å². The first-order chi connectivity index (χ1) is 11.2. The van der Waals surface area contributed by atoms with E-state index in [0.29, 0.717) is 5.75 Å². The molecule has 4 heteroatoms. The summed E-state index contributed by atoms with van der Waals surface area (Å²) < 4.78 is 56.2. The van der Waals surface area contributed by atoms with Gasteiger partial charge in [-0.2, -0.15) is 0 Å². The molecule has 0 spiro atoms. The van der Waals surface area contributed by atoms with Crippen LogP contribution in [0.25, 0.3) is 0 Å². The summed E-state index contributed by atoms with van der Waals surface area (Å²) in [5.41, 5.74) is 0.0745. The molecule has 0 saturated carbocycles. The number of aliphatic hydroxyl groups is 1. The topological polar surface area (TPSA) is 50.7 Å². The predicted octanol–water partition coefficient (Wildman–Crippen LogP) is 1.61. The number of rotatable bonds is 9. The van der Waals surface area contributed by atoms with Crippen molar-refractivity contribution in [2.45, 2.75) is 32.3 Å². The lowest BCUT2D eigenvalue weighted by atomic mass is 10.1. The Hall–Kier alpha value is -1.10. The molecule has 1 unspecified atom stereocenters. The molecule has 0 fully saturated rings. The molecule has 108 valence electrons. The fourth-order valence-corrected chi connectivity index (χ4v) is 1.24. The molecule has 19 heavy (non-hydrogen) atoms. The zero-order chi connectivity index (χ0) is 19.5. The number of nitrogens with one attached hydrogen (secondary N) is 1. The first-order valence-corrected chi connectivity index (χ1v) is 5.96. The molecule has 0 radical (unpaired) electrons. The Morgan fingerprint density at radius 3 is 2.63 bits per heavy atom. The summed E-state index contributed by atoms with van der Waals surface area (Å²) in [6.45, 7) is 0.190. The second-order valence-electron chi connectivity index (χ2n) is 4.16. The fraction of sp³-hybridized carbons (Fsp3) is 0.600. The number of benzene rings is 1. The highest BCUT2D eigenvalue weighted by Crippen LogP contribution is 2.12. The number of ether oxygens (including phenoxy) is 2. The maximum atomic E-state index is 9.93. The summed E-state index contributed by atoms with van der Waals surface area (Å²) in [5, 5.41) is 12.6. The van der Waals surface area contributed by atoms with E-state index >= 15 is 0 Å². The van der Waals surface area contributed by atoms with Crippen LogP contribution in [0.5, 0.6) is 5.75 Å². The van der Waals surface area contributed by atoms with Crippen LogP contribution in [0.15, 0.2) is 24.3 Å². The van der Waals surface area contributed by atoms with Gasteiger partial charge in [-0.25, -0.2) is 0 Å². The molecule has 0 heterocycles. The van der Waals surface area contributed by atoms with Gasteiger partial charge in [0.15, 0.2) is 0 Å². The van der Waals surface area contributed by atoms with Crippen LogP contribution in [0.4, 0.5) is 0 Å². The zero-order valence-corrected chi connectivity index (χ0v) is 11.5. The molecule has 4 nitrogen and oxygen atoms in total. The Labute approximate surface area is 124 Å². The molecule has 0 aliphatic heterocycles. The fourth-order valence-electron chi connectivity index (χ4n) is 1.24. The van der Waals surface area contributed by atoms with Crippen LogP contribution in [-0.2, 0) is 11.1 Å². The smallest absolute Gasteiger partial charge is 0.119 e. The lowest BCUT2D eigenvalue weighted by Crippen LogP contribution is -2.35. The van der Waals surface area contributed by atoms with Crippen LogP contribution >= 0.6 is 0 Å². The molecule has 0 aliphatic rings. The summed E-state index contributed by atoms with van der Waals surface area (Å²) in [6.07, 6.45) is -4.29. The van der Waals surface area contributed by atoms with E-state index in [-0.39, 0.29) is 18.7 Å². The predicted molar refractivity (Wildman–Crippen MR) is 76.7 cm³/mol. The highest BCUT2D eigenvalue weighted by Gasteiger charge is 2.05. The van der Waals surface area contributed by atoms with E-state index in [9.17, 15) is 5.11 Å². The molecular formula is C15H25NO3. The molecule has 1 rings (SSSR count). The second kappa shape index (κ2) is 8.91. The van der Waals surface area contributed by atoms with Gasteiger partial charge in [0.25, 0.3) is 0 Å². The second-order valence-corrected chi connectivity index (χ2v) is 4.16. The van der Waals surface area contributed by atoms with Gasteiger partial charge in [-0.1, -0.05) is 26.0 Å². The van der Waals surface area contributed by atoms with Crippen molar-refractivity contribution >= 4 is 0 Å². The quantitative estimate of drug-likeness (QED) is 0.718. The van der Waals surface area contributed by atoms with E-state index < -0.39 is 25.0 Å². The third-order valence-electron chi connectivity index (χ3n) is 2.20. The molecule has 1 aromatic carbocycles. The zero-order valence-electron chi connectivity index (χ0n) is 17.5. The summed E-state index contributed by atoms with van der Waals surface area (Å²) in [4.78, 5) is 0. The molecule has 2 N–H and O–H groups in total. The summed E-state index contributed by atoms with van der Waals surface area (Å²) in [6, 6.07) is 4.59. The molecule has 0 amide bonds. The van der Waals surface area contributed by atoms with Gasteiger partial charge in [-0.15, -0.1) is 0 Å². The van der Waals surface area contributed by atoms with E-state index in [0.717, 1.165) is 7.11 Å². The average molecular weight is 273 g/mol. The van der Waals surface area contributed by atoms with Crippen LogP contribution in [0.1, 0.15) is 27.6 Å². The van der Waals surface area contributed by atoms with Crippen LogP contribution in [0.2, 0.25) is 0 Å². The summed E-state index contributed by atoms with van der Waals surface area (Å²) in [7, 11) is 1.09. The van der Waals surface area contributed by atoms with Gasteiger partial charge < -0.3 is 19.9 Å². The Morgan fingerprint density at radius 2 is 2.05 bits per heavy atom. The maximum Gasteiger partial charge on any atom is 0.119 e. The van der Waals surface area contributed by atoms with Crippen molar-refractivity contribution in [2.24, 2.45) is 0 Å². The third-order valence-corrected chi connectivity index (χ3v) is 2.20. The lowest BCUT2D eigenvalue weighted by molar-refractivity contribution is 0.104. The largest absolute Gasteiger partial charge is 0.491 e. The normalized spacial score (nSPS) is 21.1. The van der Waals surface area contributed by atoms with Gasteiger partial charge in [0.05, 0.1) is 10.7 Å². The van der Waals surface area contributed by atoms with E-state index in [1.807, 2.05) is 0 Å². The monoisotopic (exact) mass is 273 g/mol. The minimum atomic E-state index is -2.49. The Morgan fingerprint density at radius 1 is 1.37 bits per heavy atom. The molecule has 0 saturated heterocycles. The molecule has 0 bridgehead atoms. The van der Waals surface area contributed by atoms with Gasteiger partial charge in [-0.05, 0) is 24.1 Å². The standard InChI is InChI=1S/C15H25NO3/c1-12(2)16-10-14(17)11-19-15-6-4-13(5-7-15)8-9-18-3/h4-7,12,14,16-17H,8-11H2,1-3H3/i8D2,9D2,12D,14D. The molecular weight excluding hydrogens is 242 g/mol. The number of hydrogen-bond donors (Lipinski definition) is 2. The van der Waals surface area contributed by atoms with Crippen molar-refractivity contribution in [1.82, 2.24) is 5.32 Å². The number of methoxy groups -OCH3 is 1. The van der Waals surface area contributed by atoms with Crippen molar-refractivity contribution < 1.29 is 22.8 Å². The highest BCUT2D eigenvalue weighted by atomic mass is 16.5. The minimum absolute atomic E-state index is 0.0745. The van der Waals surface area contributed by atoms with Crippen molar-refractivity contribution in [3.63, 3.8) is 0 Å². The van der Waals surface area contributed by atoms with Crippen LogP contribution < -0.4 is 10.1 Å². The van der Waals surface area contributed by atoms with E-state index in [4.69, 9.17) is 13.0 Å². The Bertz CT molecular complexity index is 557. The van der Waals surface area contributed by atoms with Gasteiger partial charge >= 0.3 is 0 Å². The van der Waals surface area contributed by atoms with Gasteiger partial charge in [0.1, 0.15) is 18.4 Å². The molecule has 1 atom stereocenters. The van der Waals surface area contributed by atoms with Gasteiger partial charge in [0.2, 0.25) is 0 Å². The lowest BCUT2D eigenvalue weighted by Gasteiger charge is -2.15. The Balaban J connectivity index is 2.72. The van der Waals surface area contributed by atoms with E-state index in [2.05, 4.69) is 10.1 Å². The Kier molecular flexibility index (Phi) is 4.20. The van der Waals surface area contributed by atoms with Crippen molar-refractivity contribution in [1.29, 1.82) is 0 Å². The molecule has 0 aromatic heterocycles. The SMILES string of the molecule is [2H]C(O)(CNC([2H])(C)C)COc1ccc(C([2H])([2H])C([2H])([2H])OC)cc1. The van der Waals surface area contributed by atoms with Crippen molar-refractivity contribution in [3.05, 3.63) is 29.8 Å². The van der Waals surface area contributed by atoms with Crippen LogP contribution in [-0.4, -0.2) is 44.0 Å². The number of aryl methyl sites for hydroxylation is 1. The minimum Gasteiger partial charge on any atom is -0.491 e. The summed E-state index contributed by atoms with van der Waals surface area (Å²) >= 11 is 0.